The molecule has 0 amide bonds. The lowest BCUT2D eigenvalue weighted by Gasteiger charge is -2.27. The highest BCUT2D eigenvalue weighted by molar-refractivity contribution is 7.98. The van der Waals surface area contributed by atoms with E-state index in [0.717, 1.165) is 35.7 Å². The monoisotopic (exact) mass is 386 g/mol. The fourth-order valence-corrected chi connectivity index (χ4v) is 3.60. The fourth-order valence-electron chi connectivity index (χ4n) is 2.81. The molecule has 0 radical (unpaired) electrons. The number of benzene rings is 1. The zero-order valence-electron chi connectivity index (χ0n) is 15.4. The lowest BCUT2D eigenvalue weighted by molar-refractivity contribution is 0.122. The van der Waals surface area contributed by atoms with Gasteiger partial charge in [-0.15, -0.1) is 10.2 Å². The van der Waals surface area contributed by atoms with Crippen molar-refractivity contribution in [1.29, 1.82) is 0 Å². The molecule has 0 atom stereocenters. The van der Waals surface area contributed by atoms with E-state index >= 15 is 0 Å². The van der Waals surface area contributed by atoms with Crippen LogP contribution in [0.25, 0.3) is 5.69 Å². The topological polar surface area (TPSA) is 82.1 Å². The third-order valence-electron chi connectivity index (χ3n) is 4.25. The number of para-hydroxylation sites is 1. The second-order valence-corrected chi connectivity index (χ2v) is 7.49. The van der Waals surface area contributed by atoms with Gasteiger partial charge in [0.15, 0.2) is 11.0 Å². The van der Waals surface area contributed by atoms with E-state index in [1.807, 2.05) is 32.0 Å². The van der Waals surface area contributed by atoms with Gasteiger partial charge in [-0.05, 0) is 12.1 Å². The summed E-state index contributed by atoms with van der Waals surface area (Å²) < 4.78 is 12.9. The maximum absolute atomic E-state index is 5.47. The Labute approximate surface area is 161 Å². The molecular formula is C18H22N6O2S. The minimum absolute atomic E-state index is 0.244. The summed E-state index contributed by atoms with van der Waals surface area (Å²) >= 11 is 1.54. The Hall–Kier alpha value is -2.39. The van der Waals surface area contributed by atoms with Crippen LogP contribution >= 0.6 is 11.8 Å². The lowest BCUT2D eigenvalue weighted by Crippen LogP contribution is -2.37. The van der Waals surface area contributed by atoms with Gasteiger partial charge in [-0.2, -0.15) is 4.98 Å². The average molecular weight is 386 g/mol. The predicted molar refractivity (Wildman–Crippen MR) is 102 cm³/mol. The van der Waals surface area contributed by atoms with Crippen molar-refractivity contribution in [2.24, 2.45) is 0 Å². The maximum Gasteiger partial charge on any atom is 0.237 e. The Bertz CT molecular complexity index is 873. The number of hydrogen-bond donors (Lipinski definition) is 0. The van der Waals surface area contributed by atoms with Crippen molar-refractivity contribution < 1.29 is 9.26 Å². The Morgan fingerprint density at radius 2 is 1.89 bits per heavy atom. The largest absolute Gasteiger partial charge is 0.378 e. The van der Waals surface area contributed by atoms with Gasteiger partial charge in [0, 0.05) is 19.0 Å². The lowest BCUT2D eigenvalue weighted by atomic mass is 10.2. The van der Waals surface area contributed by atoms with Crippen LogP contribution in [0.2, 0.25) is 0 Å². The summed E-state index contributed by atoms with van der Waals surface area (Å²) in [6.45, 7) is 7.09. The van der Waals surface area contributed by atoms with Gasteiger partial charge >= 0.3 is 0 Å². The van der Waals surface area contributed by atoms with Crippen molar-refractivity contribution in [2.75, 3.05) is 31.2 Å². The van der Waals surface area contributed by atoms with Crippen LogP contribution in [0.3, 0.4) is 0 Å². The minimum Gasteiger partial charge on any atom is -0.378 e. The highest BCUT2D eigenvalue weighted by atomic mass is 32.2. The molecule has 1 saturated heterocycles. The highest BCUT2D eigenvalue weighted by Crippen LogP contribution is 2.29. The third kappa shape index (κ3) is 3.98. The second kappa shape index (κ2) is 8.10. The Morgan fingerprint density at radius 1 is 1.11 bits per heavy atom. The Kier molecular flexibility index (Phi) is 5.40. The molecule has 2 aromatic heterocycles. The van der Waals surface area contributed by atoms with Gasteiger partial charge in [-0.1, -0.05) is 49.0 Å². The van der Waals surface area contributed by atoms with Crippen molar-refractivity contribution in [1.82, 2.24) is 24.9 Å². The van der Waals surface area contributed by atoms with Crippen LogP contribution in [0.15, 0.2) is 40.0 Å². The smallest absolute Gasteiger partial charge is 0.237 e. The van der Waals surface area contributed by atoms with Gasteiger partial charge < -0.3 is 14.2 Å². The summed E-state index contributed by atoms with van der Waals surface area (Å²) in [5.74, 6) is 2.95. The molecule has 1 fully saturated rings. The van der Waals surface area contributed by atoms with Crippen molar-refractivity contribution in [2.45, 2.75) is 30.7 Å². The normalized spacial score (nSPS) is 14.9. The number of hydrogen-bond acceptors (Lipinski definition) is 8. The molecule has 1 aliphatic rings. The van der Waals surface area contributed by atoms with Crippen molar-refractivity contribution >= 4 is 17.7 Å². The number of nitrogens with zero attached hydrogens (tertiary/aromatic N) is 6. The van der Waals surface area contributed by atoms with Gasteiger partial charge in [-0.25, -0.2) is 0 Å². The minimum atomic E-state index is 0.244. The molecule has 27 heavy (non-hydrogen) atoms. The molecule has 9 heteroatoms. The number of rotatable bonds is 6. The summed E-state index contributed by atoms with van der Waals surface area (Å²) in [7, 11) is 0. The third-order valence-corrected chi connectivity index (χ3v) is 5.16. The number of thioether (sulfide) groups is 1. The molecule has 8 nitrogen and oxygen atoms in total. The molecule has 4 rings (SSSR count). The molecule has 3 aromatic rings. The molecule has 142 valence electrons. The first kappa shape index (κ1) is 18.0. The predicted octanol–water partition coefficient (Wildman–Crippen LogP) is 2.90. The first-order valence-electron chi connectivity index (χ1n) is 9.01. The maximum atomic E-state index is 5.47. The summed E-state index contributed by atoms with van der Waals surface area (Å²) in [5.41, 5.74) is 1.03. The number of aromatic nitrogens is 5. The van der Waals surface area contributed by atoms with E-state index in [-0.39, 0.29) is 5.92 Å². The number of anilines is 1. The van der Waals surface area contributed by atoms with E-state index in [1.54, 1.807) is 11.8 Å². The standard InChI is InChI=1S/C18H22N6O2S/c1-13(2)16-19-15(26-22-16)12-27-18-21-20-17(23-8-10-25-11-9-23)24(18)14-6-4-3-5-7-14/h3-7,13H,8-12H2,1-2H3. The highest BCUT2D eigenvalue weighted by Gasteiger charge is 2.22. The zero-order valence-corrected chi connectivity index (χ0v) is 16.2. The summed E-state index contributed by atoms with van der Waals surface area (Å²) in [5, 5.41) is 13.7. The van der Waals surface area contributed by atoms with Crippen molar-refractivity contribution in [3.63, 3.8) is 0 Å². The summed E-state index contributed by atoms with van der Waals surface area (Å²) in [4.78, 5) is 6.65. The second-order valence-electron chi connectivity index (χ2n) is 6.54. The first-order valence-corrected chi connectivity index (χ1v) is 9.99. The fraction of sp³-hybridized carbons (Fsp3) is 0.444. The zero-order chi connectivity index (χ0) is 18.6. The summed E-state index contributed by atoms with van der Waals surface area (Å²) in [6.07, 6.45) is 0. The van der Waals surface area contributed by atoms with E-state index in [9.17, 15) is 0 Å². The Balaban J connectivity index is 1.60. The average Bonchev–Trinajstić information content (AvgIpc) is 3.35. The molecule has 0 saturated carbocycles. The van der Waals surface area contributed by atoms with E-state index < -0.39 is 0 Å². The van der Waals surface area contributed by atoms with E-state index in [4.69, 9.17) is 9.26 Å². The van der Waals surface area contributed by atoms with Crippen LogP contribution in [-0.4, -0.2) is 51.2 Å². The first-order chi connectivity index (χ1) is 13.2. The van der Waals surface area contributed by atoms with Gasteiger partial charge in [0.1, 0.15) is 0 Å². The van der Waals surface area contributed by atoms with Crippen molar-refractivity contribution in [3.05, 3.63) is 42.0 Å². The van der Waals surface area contributed by atoms with Crippen LogP contribution in [0.1, 0.15) is 31.5 Å². The molecule has 3 heterocycles. The van der Waals surface area contributed by atoms with E-state index in [0.29, 0.717) is 24.9 Å². The molecule has 1 aromatic carbocycles. The van der Waals surface area contributed by atoms with Crippen LogP contribution in [0.5, 0.6) is 0 Å². The SMILES string of the molecule is CC(C)c1noc(CSc2nnc(N3CCOCC3)n2-c2ccccc2)n1. The van der Waals surface area contributed by atoms with Gasteiger partial charge in [0.25, 0.3) is 0 Å². The molecule has 0 aliphatic carbocycles. The van der Waals surface area contributed by atoms with Crippen LogP contribution in [0, 0.1) is 0 Å². The van der Waals surface area contributed by atoms with E-state index in [2.05, 4.69) is 41.9 Å². The quantitative estimate of drug-likeness (QED) is 0.598. The summed E-state index contributed by atoms with van der Waals surface area (Å²) in [6, 6.07) is 10.1. The molecule has 0 N–H and O–H groups in total. The van der Waals surface area contributed by atoms with Crippen LogP contribution in [-0.2, 0) is 10.5 Å². The molecular weight excluding hydrogens is 364 g/mol. The van der Waals surface area contributed by atoms with Gasteiger partial charge in [-0.3, -0.25) is 4.57 Å². The van der Waals surface area contributed by atoms with Crippen LogP contribution in [0.4, 0.5) is 5.95 Å². The van der Waals surface area contributed by atoms with E-state index in [1.165, 1.54) is 0 Å². The van der Waals surface area contributed by atoms with Crippen LogP contribution < -0.4 is 4.90 Å². The molecule has 1 aliphatic heterocycles. The Morgan fingerprint density at radius 3 is 2.59 bits per heavy atom. The molecule has 0 bridgehead atoms. The number of ether oxygens (including phenoxy) is 1. The molecule has 0 unspecified atom stereocenters. The number of morpholine rings is 1. The molecule has 0 spiro atoms. The van der Waals surface area contributed by atoms with Crippen molar-refractivity contribution in [3.8, 4) is 5.69 Å². The van der Waals surface area contributed by atoms with Gasteiger partial charge in [0.2, 0.25) is 11.8 Å². The van der Waals surface area contributed by atoms with Gasteiger partial charge in [0.05, 0.1) is 24.7 Å².